The van der Waals surface area contributed by atoms with E-state index in [4.69, 9.17) is 4.74 Å². The maximum Gasteiger partial charge on any atom is 0.154 e. The molecule has 1 aliphatic carbocycles. The predicted molar refractivity (Wildman–Crippen MR) is 70.8 cm³/mol. The molecule has 0 bridgehead atoms. The summed E-state index contributed by atoms with van der Waals surface area (Å²) in [6, 6.07) is 2.45. The van der Waals surface area contributed by atoms with E-state index in [0.29, 0.717) is 6.61 Å². The van der Waals surface area contributed by atoms with Gasteiger partial charge in [0.2, 0.25) is 0 Å². The fraction of sp³-hybridized carbons (Fsp3) is 0.933. The molecule has 1 aliphatic rings. The van der Waals surface area contributed by atoms with Crippen molar-refractivity contribution in [2.45, 2.75) is 83.2 Å². The van der Waals surface area contributed by atoms with Crippen LogP contribution in [-0.4, -0.2) is 12.2 Å². The average molecular weight is 237 g/mol. The van der Waals surface area contributed by atoms with Gasteiger partial charge in [0.1, 0.15) is 0 Å². The molecule has 1 fully saturated rings. The highest BCUT2D eigenvalue weighted by atomic mass is 16.5. The molecule has 0 unspecified atom stereocenters. The molecule has 1 saturated carbocycles. The molecule has 0 saturated heterocycles. The van der Waals surface area contributed by atoms with E-state index >= 15 is 0 Å². The molecular formula is C15H27NO. The van der Waals surface area contributed by atoms with Gasteiger partial charge in [-0.3, -0.25) is 0 Å². The van der Waals surface area contributed by atoms with Gasteiger partial charge in [0, 0.05) is 6.61 Å². The first-order valence-electron chi connectivity index (χ1n) is 7.38. The Morgan fingerprint density at radius 2 is 1.29 bits per heavy atom. The third-order valence-corrected chi connectivity index (χ3v) is 3.79. The first kappa shape index (κ1) is 14.5. The lowest BCUT2D eigenvalue weighted by molar-refractivity contribution is -0.0109. The third kappa shape index (κ3) is 5.55. The zero-order chi connectivity index (χ0) is 12.4. The van der Waals surface area contributed by atoms with Crippen LogP contribution in [0.1, 0.15) is 77.6 Å². The maximum absolute atomic E-state index is 9.40. The largest absolute Gasteiger partial charge is 0.360 e. The molecule has 0 amide bonds. The number of nitrogens with zero attached hydrogens (tertiary/aromatic N) is 1. The summed E-state index contributed by atoms with van der Waals surface area (Å²) in [6.45, 7) is 2.66. The summed E-state index contributed by atoms with van der Waals surface area (Å²) in [5.74, 6) is 0. The van der Waals surface area contributed by atoms with Crippen LogP contribution in [-0.2, 0) is 4.74 Å². The van der Waals surface area contributed by atoms with Crippen LogP contribution < -0.4 is 0 Å². The fourth-order valence-corrected chi connectivity index (χ4v) is 2.75. The second-order valence-electron chi connectivity index (χ2n) is 5.22. The molecule has 0 N–H and O–H groups in total. The molecule has 0 atom stereocenters. The Balaban J connectivity index is 2.49. The maximum atomic E-state index is 9.40. The van der Waals surface area contributed by atoms with Crippen LogP contribution in [0.2, 0.25) is 0 Å². The Labute approximate surface area is 106 Å². The number of nitriles is 1. The van der Waals surface area contributed by atoms with Gasteiger partial charge in [0.15, 0.2) is 5.60 Å². The number of ether oxygens (including phenoxy) is 1. The standard InChI is InChI=1S/C15H27NO/c1-2-17-15(14-16)12-10-8-6-4-3-5-7-9-11-13-15/h2-13H2,1H3. The molecule has 0 aromatic carbocycles. The smallest absolute Gasteiger partial charge is 0.154 e. The SMILES string of the molecule is CCOC1(C#N)CCCCCCCCCCC1. The molecule has 1 rings (SSSR count). The Morgan fingerprint density at radius 1 is 0.882 bits per heavy atom. The highest BCUT2D eigenvalue weighted by Crippen LogP contribution is 2.27. The van der Waals surface area contributed by atoms with Crippen LogP contribution >= 0.6 is 0 Å². The molecule has 98 valence electrons. The van der Waals surface area contributed by atoms with Crippen molar-refractivity contribution in [3.63, 3.8) is 0 Å². The van der Waals surface area contributed by atoms with Crippen LogP contribution in [0.15, 0.2) is 0 Å². The van der Waals surface area contributed by atoms with Gasteiger partial charge in [0.25, 0.3) is 0 Å². The Hall–Kier alpha value is -0.550. The van der Waals surface area contributed by atoms with Crippen molar-refractivity contribution < 1.29 is 4.74 Å². The summed E-state index contributed by atoms with van der Waals surface area (Å²) in [6.07, 6.45) is 13.5. The number of hydrogen-bond acceptors (Lipinski definition) is 2. The highest BCUT2D eigenvalue weighted by molar-refractivity contribution is 5.01. The van der Waals surface area contributed by atoms with E-state index in [9.17, 15) is 5.26 Å². The Morgan fingerprint density at radius 3 is 1.65 bits per heavy atom. The highest BCUT2D eigenvalue weighted by Gasteiger charge is 2.29. The van der Waals surface area contributed by atoms with E-state index in [1.54, 1.807) is 0 Å². The molecule has 0 spiro atoms. The average Bonchev–Trinajstić information content (AvgIpc) is 2.33. The molecule has 0 heterocycles. The van der Waals surface area contributed by atoms with Crippen molar-refractivity contribution in [3.8, 4) is 6.07 Å². The minimum Gasteiger partial charge on any atom is -0.360 e. The molecule has 17 heavy (non-hydrogen) atoms. The summed E-state index contributed by atoms with van der Waals surface area (Å²) < 4.78 is 5.76. The van der Waals surface area contributed by atoms with Gasteiger partial charge in [-0.15, -0.1) is 0 Å². The van der Waals surface area contributed by atoms with Gasteiger partial charge in [-0.1, -0.05) is 44.9 Å². The normalized spacial score (nSPS) is 23.1. The van der Waals surface area contributed by atoms with E-state index in [0.717, 1.165) is 25.7 Å². The molecule has 0 radical (unpaired) electrons. The molecule has 0 aromatic rings. The number of rotatable bonds is 2. The van der Waals surface area contributed by atoms with Gasteiger partial charge < -0.3 is 4.74 Å². The predicted octanol–water partition coefficient (Wildman–Crippen LogP) is 4.59. The summed E-state index contributed by atoms with van der Waals surface area (Å²) in [7, 11) is 0. The van der Waals surface area contributed by atoms with Crippen molar-refractivity contribution in [2.75, 3.05) is 6.61 Å². The van der Waals surface area contributed by atoms with E-state index < -0.39 is 5.60 Å². The summed E-state index contributed by atoms with van der Waals surface area (Å²) >= 11 is 0. The van der Waals surface area contributed by atoms with Gasteiger partial charge in [-0.05, 0) is 32.6 Å². The zero-order valence-corrected chi connectivity index (χ0v) is 11.3. The second kappa shape index (κ2) is 8.53. The minimum atomic E-state index is -0.478. The topological polar surface area (TPSA) is 33.0 Å². The molecule has 2 heteroatoms. The van der Waals surface area contributed by atoms with Gasteiger partial charge >= 0.3 is 0 Å². The van der Waals surface area contributed by atoms with Crippen LogP contribution in [0, 0.1) is 11.3 Å². The third-order valence-electron chi connectivity index (χ3n) is 3.79. The molecule has 2 nitrogen and oxygen atoms in total. The van der Waals surface area contributed by atoms with Crippen molar-refractivity contribution >= 4 is 0 Å². The molecular weight excluding hydrogens is 210 g/mol. The van der Waals surface area contributed by atoms with E-state index in [2.05, 4.69) is 6.07 Å². The fourth-order valence-electron chi connectivity index (χ4n) is 2.75. The second-order valence-corrected chi connectivity index (χ2v) is 5.22. The van der Waals surface area contributed by atoms with E-state index in [1.165, 1.54) is 44.9 Å². The van der Waals surface area contributed by atoms with Gasteiger partial charge in [0.05, 0.1) is 6.07 Å². The van der Waals surface area contributed by atoms with Gasteiger partial charge in [-0.2, -0.15) is 5.26 Å². The summed E-state index contributed by atoms with van der Waals surface area (Å²) in [4.78, 5) is 0. The molecule has 0 aliphatic heterocycles. The first-order valence-corrected chi connectivity index (χ1v) is 7.38. The van der Waals surface area contributed by atoms with E-state index in [1.807, 2.05) is 6.92 Å². The lowest BCUT2D eigenvalue weighted by atomic mass is 9.89. The number of hydrogen-bond donors (Lipinski definition) is 0. The Kier molecular flexibility index (Phi) is 7.28. The van der Waals surface area contributed by atoms with Crippen molar-refractivity contribution in [1.82, 2.24) is 0 Å². The monoisotopic (exact) mass is 237 g/mol. The van der Waals surface area contributed by atoms with E-state index in [-0.39, 0.29) is 0 Å². The summed E-state index contributed by atoms with van der Waals surface area (Å²) in [5, 5.41) is 9.40. The van der Waals surface area contributed by atoms with Crippen molar-refractivity contribution in [2.24, 2.45) is 0 Å². The Bertz CT molecular complexity index is 220. The lowest BCUT2D eigenvalue weighted by Crippen LogP contribution is -2.31. The van der Waals surface area contributed by atoms with Gasteiger partial charge in [-0.25, -0.2) is 0 Å². The minimum absolute atomic E-state index is 0.478. The molecule has 0 aromatic heterocycles. The lowest BCUT2D eigenvalue weighted by Gasteiger charge is -2.27. The summed E-state index contributed by atoms with van der Waals surface area (Å²) in [5.41, 5.74) is -0.478. The quantitative estimate of drug-likeness (QED) is 0.703. The van der Waals surface area contributed by atoms with Crippen LogP contribution in [0.25, 0.3) is 0 Å². The van der Waals surface area contributed by atoms with Crippen LogP contribution in [0.3, 0.4) is 0 Å². The van der Waals surface area contributed by atoms with Crippen molar-refractivity contribution in [1.29, 1.82) is 5.26 Å². The first-order chi connectivity index (χ1) is 8.33. The van der Waals surface area contributed by atoms with Crippen molar-refractivity contribution in [3.05, 3.63) is 0 Å². The zero-order valence-electron chi connectivity index (χ0n) is 11.3. The van der Waals surface area contributed by atoms with Crippen LogP contribution in [0.4, 0.5) is 0 Å². The van der Waals surface area contributed by atoms with Crippen LogP contribution in [0.5, 0.6) is 0 Å².